The fourth-order valence-electron chi connectivity index (χ4n) is 2.68. The van der Waals surface area contributed by atoms with Gasteiger partial charge in [-0.3, -0.25) is 4.79 Å². The molecule has 0 aromatic heterocycles. The van der Waals surface area contributed by atoms with Crippen molar-refractivity contribution in [2.75, 3.05) is 12.4 Å². The Hall–Kier alpha value is -1.44. The van der Waals surface area contributed by atoms with E-state index in [9.17, 15) is 4.79 Å². The highest BCUT2D eigenvalue weighted by Gasteiger charge is 2.28. The van der Waals surface area contributed by atoms with Crippen molar-refractivity contribution < 1.29 is 9.90 Å². The zero-order valence-corrected chi connectivity index (χ0v) is 13.1. The van der Waals surface area contributed by atoms with Gasteiger partial charge in [0.05, 0.1) is 5.56 Å². The van der Waals surface area contributed by atoms with Crippen LogP contribution in [0, 0.1) is 11.8 Å². The van der Waals surface area contributed by atoms with E-state index in [1.165, 1.54) is 12.8 Å². The third-order valence-corrected chi connectivity index (χ3v) is 4.95. The van der Waals surface area contributed by atoms with Gasteiger partial charge in [-0.25, -0.2) is 0 Å². The molecule has 2 rings (SSSR count). The molecular formula is C17H21NO2S. The summed E-state index contributed by atoms with van der Waals surface area (Å²) >= 11 is 1.93. The Morgan fingerprint density at radius 1 is 1.43 bits per heavy atom. The van der Waals surface area contributed by atoms with E-state index < -0.39 is 0 Å². The van der Waals surface area contributed by atoms with Crippen molar-refractivity contribution in [2.45, 2.75) is 37.5 Å². The molecule has 0 spiro atoms. The highest BCUT2D eigenvalue weighted by atomic mass is 32.2. The van der Waals surface area contributed by atoms with Crippen LogP contribution in [0.1, 0.15) is 42.1 Å². The second-order valence-corrected chi connectivity index (χ2v) is 6.53. The number of carbonyl (C=O) groups excluding carboxylic acids is 1. The first-order valence-corrected chi connectivity index (χ1v) is 8.42. The maximum Gasteiger partial charge on any atom is 0.252 e. The number of rotatable bonds is 4. The molecule has 112 valence electrons. The molecule has 1 aliphatic carbocycles. The van der Waals surface area contributed by atoms with Crippen LogP contribution < -0.4 is 5.32 Å². The Bertz CT molecular complexity index is 547. The number of aliphatic hydroxyl groups is 1. The lowest BCUT2D eigenvalue weighted by Gasteiger charge is -2.20. The summed E-state index contributed by atoms with van der Waals surface area (Å²) in [6, 6.07) is 7.54. The van der Waals surface area contributed by atoms with Crippen LogP contribution in [0.15, 0.2) is 24.3 Å². The van der Waals surface area contributed by atoms with Gasteiger partial charge in [0.25, 0.3) is 5.91 Å². The van der Waals surface area contributed by atoms with Crippen molar-refractivity contribution in [1.82, 2.24) is 5.32 Å². The Morgan fingerprint density at radius 3 is 3.00 bits per heavy atom. The molecule has 1 aromatic carbocycles. The van der Waals surface area contributed by atoms with Gasteiger partial charge in [-0.15, -0.1) is 0 Å². The molecule has 0 bridgehead atoms. The first-order valence-electron chi connectivity index (χ1n) is 7.37. The lowest BCUT2D eigenvalue weighted by Crippen LogP contribution is -2.39. The second kappa shape index (κ2) is 8.11. The Balaban J connectivity index is 2.10. The number of aliphatic hydroxyl groups excluding tert-OH is 1. The van der Waals surface area contributed by atoms with Crippen LogP contribution in [0.3, 0.4) is 0 Å². The topological polar surface area (TPSA) is 49.3 Å². The Morgan fingerprint density at radius 2 is 2.24 bits per heavy atom. The molecule has 4 heteroatoms. The predicted molar refractivity (Wildman–Crippen MR) is 87.4 cm³/mol. The number of benzene rings is 1. The normalized spacial score (nSPS) is 20.7. The van der Waals surface area contributed by atoms with Gasteiger partial charge in [-0.1, -0.05) is 37.3 Å². The van der Waals surface area contributed by atoms with E-state index in [1.807, 2.05) is 30.0 Å². The lowest BCUT2D eigenvalue weighted by molar-refractivity contribution is 0.0938. The summed E-state index contributed by atoms with van der Waals surface area (Å²) in [4.78, 5) is 12.5. The number of carbonyl (C=O) groups is 1. The fraction of sp³-hybridized carbons (Fsp3) is 0.471. The molecule has 1 amide bonds. The zero-order valence-electron chi connectivity index (χ0n) is 12.3. The van der Waals surface area contributed by atoms with Crippen LogP contribution in [0.5, 0.6) is 0 Å². The van der Waals surface area contributed by atoms with Crippen LogP contribution in [0.2, 0.25) is 0 Å². The van der Waals surface area contributed by atoms with Crippen LogP contribution in [0.25, 0.3) is 0 Å². The summed E-state index contributed by atoms with van der Waals surface area (Å²) in [6.07, 6.45) is 3.40. The molecule has 0 radical (unpaired) electrons. The number of thioether (sulfide) groups is 1. The number of hydrogen-bond donors (Lipinski definition) is 2. The molecule has 21 heavy (non-hydrogen) atoms. The van der Waals surface area contributed by atoms with E-state index in [-0.39, 0.29) is 18.6 Å². The van der Waals surface area contributed by atoms with Crippen molar-refractivity contribution >= 4 is 17.7 Å². The molecule has 1 aliphatic rings. The van der Waals surface area contributed by atoms with E-state index in [1.54, 1.807) is 6.07 Å². The lowest BCUT2D eigenvalue weighted by atomic mass is 10.1. The summed E-state index contributed by atoms with van der Waals surface area (Å²) in [6.45, 7) is 1.95. The SMILES string of the molecule is CCSC1CCCC1NC(=O)c1ccccc1C#CCO. The first kappa shape index (κ1) is 15.9. The zero-order chi connectivity index (χ0) is 15.1. The Labute approximate surface area is 130 Å². The minimum Gasteiger partial charge on any atom is -0.384 e. The van der Waals surface area contributed by atoms with Gasteiger partial charge in [-0.2, -0.15) is 11.8 Å². The van der Waals surface area contributed by atoms with Gasteiger partial charge >= 0.3 is 0 Å². The molecule has 0 saturated heterocycles. The van der Waals surface area contributed by atoms with E-state index >= 15 is 0 Å². The van der Waals surface area contributed by atoms with Crippen LogP contribution in [-0.2, 0) is 0 Å². The van der Waals surface area contributed by atoms with Gasteiger partial charge in [0.15, 0.2) is 0 Å². The van der Waals surface area contributed by atoms with Crippen molar-refractivity contribution in [1.29, 1.82) is 0 Å². The molecule has 2 unspecified atom stereocenters. The molecule has 0 heterocycles. The predicted octanol–water partition coefficient (Wildman–Crippen LogP) is 2.43. The van der Waals surface area contributed by atoms with Gasteiger partial charge < -0.3 is 10.4 Å². The molecule has 2 N–H and O–H groups in total. The molecule has 1 aromatic rings. The average Bonchev–Trinajstić information content (AvgIpc) is 2.93. The first-order chi connectivity index (χ1) is 10.3. The highest BCUT2D eigenvalue weighted by molar-refractivity contribution is 7.99. The summed E-state index contributed by atoms with van der Waals surface area (Å²) in [5.74, 6) is 6.46. The monoisotopic (exact) mass is 303 g/mol. The van der Waals surface area contributed by atoms with Crippen molar-refractivity contribution in [3.05, 3.63) is 35.4 Å². The highest BCUT2D eigenvalue weighted by Crippen LogP contribution is 2.30. The van der Waals surface area contributed by atoms with Gasteiger partial charge in [0, 0.05) is 16.9 Å². The second-order valence-electron chi connectivity index (χ2n) is 5.01. The van der Waals surface area contributed by atoms with Crippen LogP contribution >= 0.6 is 11.8 Å². The summed E-state index contributed by atoms with van der Waals surface area (Å²) in [7, 11) is 0. The van der Waals surface area contributed by atoms with E-state index in [0.29, 0.717) is 16.4 Å². The fourth-order valence-corrected chi connectivity index (χ4v) is 3.87. The maximum absolute atomic E-state index is 12.5. The van der Waals surface area contributed by atoms with Crippen molar-refractivity contribution in [2.24, 2.45) is 0 Å². The molecular weight excluding hydrogens is 282 g/mol. The summed E-state index contributed by atoms with van der Waals surface area (Å²) in [5, 5.41) is 12.5. The summed E-state index contributed by atoms with van der Waals surface area (Å²) < 4.78 is 0. The molecule has 0 aliphatic heterocycles. The van der Waals surface area contributed by atoms with Crippen LogP contribution in [-0.4, -0.2) is 34.7 Å². The molecule has 1 fully saturated rings. The van der Waals surface area contributed by atoms with E-state index in [0.717, 1.165) is 12.2 Å². The number of hydrogen-bond acceptors (Lipinski definition) is 3. The van der Waals surface area contributed by atoms with Gasteiger partial charge in [0.2, 0.25) is 0 Å². The number of nitrogens with one attached hydrogen (secondary N) is 1. The van der Waals surface area contributed by atoms with Crippen molar-refractivity contribution in [3.63, 3.8) is 0 Å². The van der Waals surface area contributed by atoms with E-state index in [2.05, 4.69) is 24.1 Å². The quantitative estimate of drug-likeness (QED) is 0.840. The van der Waals surface area contributed by atoms with Gasteiger partial charge in [0.1, 0.15) is 6.61 Å². The molecule has 1 saturated carbocycles. The molecule has 3 nitrogen and oxygen atoms in total. The Kier molecular flexibility index (Phi) is 6.16. The smallest absolute Gasteiger partial charge is 0.252 e. The van der Waals surface area contributed by atoms with E-state index in [4.69, 9.17) is 5.11 Å². The number of amides is 1. The van der Waals surface area contributed by atoms with Crippen molar-refractivity contribution in [3.8, 4) is 11.8 Å². The van der Waals surface area contributed by atoms with Crippen LogP contribution in [0.4, 0.5) is 0 Å². The third-order valence-electron chi connectivity index (χ3n) is 3.62. The minimum absolute atomic E-state index is 0.0635. The molecule has 2 atom stereocenters. The maximum atomic E-state index is 12.5. The standard InChI is InChI=1S/C17H21NO2S/c1-2-21-16-11-5-10-15(16)18-17(20)14-9-4-3-7-13(14)8-6-12-19/h3-4,7,9,15-16,19H,2,5,10-12H2,1H3,(H,18,20). The third kappa shape index (κ3) is 4.26. The average molecular weight is 303 g/mol. The summed E-state index contributed by atoms with van der Waals surface area (Å²) in [5.41, 5.74) is 1.26. The van der Waals surface area contributed by atoms with Gasteiger partial charge in [-0.05, 0) is 30.7 Å². The largest absolute Gasteiger partial charge is 0.384 e. The minimum atomic E-state index is -0.201.